The molecule has 1 amide bonds. The zero-order valence-corrected chi connectivity index (χ0v) is 14.2. The van der Waals surface area contributed by atoms with Gasteiger partial charge in [-0.1, -0.05) is 23.7 Å². The SMILES string of the molecule is COc1cc(NC(=O)c2cc3ccc(C)cc3o2)c(OC)cc1Cl. The lowest BCUT2D eigenvalue weighted by molar-refractivity contribution is 0.0998. The first-order valence-corrected chi connectivity index (χ1v) is 7.62. The third kappa shape index (κ3) is 3.03. The van der Waals surface area contributed by atoms with Gasteiger partial charge in [0.1, 0.15) is 17.1 Å². The topological polar surface area (TPSA) is 60.7 Å². The molecule has 0 saturated heterocycles. The van der Waals surface area contributed by atoms with Crippen LogP contribution in [-0.2, 0) is 0 Å². The van der Waals surface area contributed by atoms with Crippen molar-refractivity contribution >= 4 is 34.2 Å². The van der Waals surface area contributed by atoms with Crippen molar-refractivity contribution in [2.24, 2.45) is 0 Å². The minimum atomic E-state index is -0.383. The van der Waals surface area contributed by atoms with Crippen LogP contribution in [0.4, 0.5) is 5.69 Å². The molecule has 0 fully saturated rings. The lowest BCUT2D eigenvalue weighted by Crippen LogP contribution is -2.12. The quantitative estimate of drug-likeness (QED) is 0.746. The smallest absolute Gasteiger partial charge is 0.291 e. The van der Waals surface area contributed by atoms with E-state index >= 15 is 0 Å². The average molecular weight is 346 g/mol. The molecule has 0 radical (unpaired) electrons. The molecule has 1 aromatic heterocycles. The van der Waals surface area contributed by atoms with E-state index in [-0.39, 0.29) is 11.7 Å². The molecule has 5 nitrogen and oxygen atoms in total. The summed E-state index contributed by atoms with van der Waals surface area (Å²) in [6.45, 7) is 1.96. The van der Waals surface area contributed by atoms with Gasteiger partial charge in [-0.15, -0.1) is 0 Å². The molecule has 0 saturated carbocycles. The van der Waals surface area contributed by atoms with Crippen LogP contribution >= 0.6 is 11.6 Å². The third-order valence-electron chi connectivity index (χ3n) is 3.62. The summed E-state index contributed by atoms with van der Waals surface area (Å²) in [5, 5.41) is 4.02. The maximum Gasteiger partial charge on any atom is 0.291 e. The van der Waals surface area contributed by atoms with Gasteiger partial charge < -0.3 is 19.2 Å². The molecule has 0 unspecified atom stereocenters. The van der Waals surface area contributed by atoms with Gasteiger partial charge in [-0.25, -0.2) is 0 Å². The molecule has 3 rings (SSSR count). The van der Waals surface area contributed by atoms with Gasteiger partial charge in [-0.3, -0.25) is 4.79 Å². The number of fused-ring (bicyclic) bond motifs is 1. The second-order valence-electron chi connectivity index (χ2n) is 5.29. The van der Waals surface area contributed by atoms with Gasteiger partial charge in [0.25, 0.3) is 5.91 Å². The molecule has 1 heterocycles. The van der Waals surface area contributed by atoms with E-state index in [1.54, 1.807) is 18.2 Å². The number of hydrogen-bond acceptors (Lipinski definition) is 4. The number of aryl methyl sites for hydroxylation is 1. The molecule has 0 spiro atoms. The van der Waals surface area contributed by atoms with E-state index in [9.17, 15) is 4.79 Å². The standard InChI is InChI=1S/C18H16ClNO4/c1-10-4-5-11-7-17(24-14(11)6-10)18(21)20-13-9-15(22-2)12(19)8-16(13)23-3/h4-9H,1-3H3,(H,20,21). The van der Waals surface area contributed by atoms with Crippen molar-refractivity contribution in [3.05, 3.63) is 52.7 Å². The Morgan fingerprint density at radius 2 is 1.83 bits per heavy atom. The number of furan rings is 1. The third-order valence-corrected chi connectivity index (χ3v) is 3.92. The minimum absolute atomic E-state index is 0.214. The summed E-state index contributed by atoms with van der Waals surface area (Å²) in [4.78, 5) is 12.5. The molecule has 0 aliphatic carbocycles. The second kappa shape index (κ2) is 6.45. The number of carbonyl (C=O) groups is 1. The number of benzene rings is 2. The number of methoxy groups -OCH3 is 2. The van der Waals surface area contributed by atoms with E-state index < -0.39 is 0 Å². The molecule has 6 heteroatoms. The highest BCUT2D eigenvalue weighted by Gasteiger charge is 2.17. The van der Waals surface area contributed by atoms with Gasteiger partial charge in [0.2, 0.25) is 0 Å². The van der Waals surface area contributed by atoms with Crippen LogP contribution in [0.15, 0.2) is 40.8 Å². The number of anilines is 1. The predicted molar refractivity (Wildman–Crippen MR) is 93.5 cm³/mol. The van der Waals surface area contributed by atoms with Gasteiger partial charge in [0.15, 0.2) is 5.76 Å². The number of amides is 1. The first kappa shape index (κ1) is 16.2. The Labute approximate surface area is 144 Å². The Bertz CT molecular complexity index is 917. The molecule has 0 aliphatic heterocycles. The molecule has 24 heavy (non-hydrogen) atoms. The fourth-order valence-corrected chi connectivity index (χ4v) is 2.62. The van der Waals surface area contributed by atoms with Crippen LogP contribution in [0, 0.1) is 6.92 Å². The second-order valence-corrected chi connectivity index (χ2v) is 5.70. The van der Waals surface area contributed by atoms with Crippen molar-refractivity contribution in [2.45, 2.75) is 6.92 Å². The van der Waals surface area contributed by atoms with Crippen molar-refractivity contribution in [1.82, 2.24) is 0 Å². The van der Waals surface area contributed by atoms with Gasteiger partial charge in [-0.05, 0) is 24.6 Å². The highest BCUT2D eigenvalue weighted by molar-refractivity contribution is 6.32. The minimum Gasteiger partial charge on any atom is -0.495 e. The number of rotatable bonds is 4. The zero-order chi connectivity index (χ0) is 17.3. The molecule has 1 N–H and O–H groups in total. The first-order valence-electron chi connectivity index (χ1n) is 7.25. The highest BCUT2D eigenvalue weighted by atomic mass is 35.5. The summed E-state index contributed by atoms with van der Waals surface area (Å²) in [6.07, 6.45) is 0. The number of carbonyl (C=O) groups excluding carboxylic acids is 1. The molecule has 2 aromatic carbocycles. The molecule has 0 aliphatic rings. The fourth-order valence-electron chi connectivity index (χ4n) is 2.39. The van der Waals surface area contributed by atoms with Crippen LogP contribution in [-0.4, -0.2) is 20.1 Å². The largest absolute Gasteiger partial charge is 0.495 e. The van der Waals surface area contributed by atoms with Crippen LogP contribution in [0.5, 0.6) is 11.5 Å². The monoisotopic (exact) mass is 345 g/mol. The number of ether oxygens (including phenoxy) is 2. The van der Waals surface area contributed by atoms with E-state index in [0.29, 0.717) is 27.8 Å². The maximum absolute atomic E-state index is 12.5. The summed E-state index contributed by atoms with van der Waals surface area (Å²) in [7, 11) is 3.00. The van der Waals surface area contributed by atoms with Gasteiger partial charge in [0.05, 0.1) is 24.9 Å². The molecule has 124 valence electrons. The first-order chi connectivity index (χ1) is 11.5. The van der Waals surface area contributed by atoms with Crippen LogP contribution in [0.25, 0.3) is 11.0 Å². The Kier molecular flexibility index (Phi) is 4.36. The van der Waals surface area contributed by atoms with E-state index in [4.69, 9.17) is 25.5 Å². The summed E-state index contributed by atoms with van der Waals surface area (Å²) >= 11 is 6.07. The zero-order valence-electron chi connectivity index (χ0n) is 13.5. The van der Waals surface area contributed by atoms with Crippen molar-refractivity contribution in [2.75, 3.05) is 19.5 Å². The average Bonchev–Trinajstić information content (AvgIpc) is 2.99. The van der Waals surface area contributed by atoms with Crippen LogP contribution in [0.3, 0.4) is 0 Å². The summed E-state index contributed by atoms with van der Waals surface area (Å²) in [5.41, 5.74) is 2.18. The van der Waals surface area contributed by atoms with Crippen molar-refractivity contribution in [3.63, 3.8) is 0 Å². The maximum atomic E-state index is 12.5. The summed E-state index contributed by atoms with van der Waals surface area (Å²) in [6, 6.07) is 10.6. The Morgan fingerprint density at radius 3 is 2.54 bits per heavy atom. The van der Waals surface area contributed by atoms with Gasteiger partial charge >= 0.3 is 0 Å². The van der Waals surface area contributed by atoms with Gasteiger partial charge in [-0.2, -0.15) is 0 Å². The predicted octanol–water partition coefficient (Wildman–Crippen LogP) is 4.66. The Hall–Kier alpha value is -2.66. The fraction of sp³-hybridized carbons (Fsp3) is 0.167. The van der Waals surface area contributed by atoms with Crippen molar-refractivity contribution in [3.8, 4) is 11.5 Å². The van der Waals surface area contributed by atoms with E-state index in [2.05, 4.69) is 5.32 Å². The van der Waals surface area contributed by atoms with E-state index in [1.807, 2.05) is 25.1 Å². The number of nitrogens with one attached hydrogen (secondary N) is 1. The summed E-state index contributed by atoms with van der Waals surface area (Å²) in [5.74, 6) is 0.701. The molecular formula is C18H16ClNO4. The lowest BCUT2D eigenvalue weighted by Gasteiger charge is -2.12. The summed E-state index contributed by atoms with van der Waals surface area (Å²) < 4.78 is 16.0. The number of halogens is 1. The normalized spacial score (nSPS) is 10.7. The molecule has 0 bridgehead atoms. The lowest BCUT2D eigenvalue weighted by atomic mass is 10.2. The Balaban J connectivity index is 1.93. The van der Waals surface area contributed by atoms with Crippen LogP contribution in [0.1, 0.15) is 16.1 Å². The van der Waals surface area contributed by atoms with Crippen molar-refractivity contribution in [1.29, 1.82) is 0 Å². The van der Waals surface area contributed by atoms with E-state index in [0.717, 1.165) is 10.9 Å². The molecule has 3 aromatic rings. The number of hydrogen-bond donors (Lipinski definition) is 1. The van der Waals surface area contributed by atoms with E-state index in [1.165, 1.54) is 14.2 Å². The van der Waals surface area contributed by atoms with Crippen LogP contribution < -0.4 is 14.8 Å². The molecular weight excluding hydrogens is 330 g/mol. The Morgan fingerprint density at radius 1 is 1.08 bits per heavy atom. The van der Waals surface area contributed by atoms with Crippen LogP contribution in [0.2, 0.25) is 5.02 Å². The highest BCUT2D eigenvalue weighted by Crippen LogP contribution is 2.36. The van der Waals surface area contributed by atoms with Crippen molar-refractivity contribution < 1.29 is 18.7 Å². The van der Waals surface area contributed by atoms with Gasteiger partial charge in [0, 0.05) is 17.5 Å². The molecule has 0 atom stereocenters.